The smallest absolute Gasteiger partial charge is 0.303 e. The third-order valence-electron chi connectivity index (χ3n) is 4.61. The lowest BCUT2D eigenvalue weighted by atomic mass is 10.1. The number of nitrogens with zero attached hydrogens (tertiary/aromatic N) is 3. The van der Waals surface area contributed by atoms with Gasteiger partial charge in [-0.1, -0.05) is 13.8 Å². The molecule has 1 atom stereocenters. The predicted octanol–water partition coefficient (Wildman–Crippen LogP) is 3.90. The van der Waals surface area contributed by atoms with Crippen LogP contribution in [0.25, 0.3) is 11.4 Å². The first-order valence-corrected chi connectivity index (χ1v) is 9.36. The van der Waals surface area contributed by atoms with E-state index in [1.165, 1.54) is 4.90 Å². The molecule has 1 N–H and O–H groups in total. The van der Waals surface area contributed by atoms with Gasteiger partial charge in [0.25, 0.3) is 5.88 Å². The van der Waals surface area contributed by atoms with Crippen LogP contribution in [0.3, 0.4) is 0 Å². The van der Waals surface area contributed by atoms with Crippen molar-refractivity contribution in [2.45, 2.75) is 26.7 Å². The molecule has 1 saturated heterocycles. The maximum absolute atomic E-state index is 14.7. The lowest BCUT2D eigenvalue weighted by molar-refractivity contribution is -0.137. The van der Waals surface area contributed by atoms with E-state index in [0.29, 0.717) is 13.0 Å². The summed E-state index contributed by atoms with van der Waals surface area (Å²) in [5, 5.41) is 8.90. The van der Waals surface area contributed by atoms with Crippen LogP contribution >= 0.6 is 0 Å². The minimum atomic E-state index is -0.933. The SMILES string of the molecule is CC(C)COc1nc(-c2cc(F)c(N3CCC(CC(=O)O)C3)c(F)c2)ncc1F. The van der Waals surface area contributed by atoms with Gasteiger partial charge in [-0.25, -0.2) is 13.8 Å². The summed E-state index contributed by atoms with van der Waals surface area (Å²) in [4.78, 5) is 20.1. The number of anilines is 1. The predicted molar refractivity (Wildman–Crippen MR) is 100 cm³/mol. The van der Waals surface area contributed by atoms with Crippen LogP contribution in [0.5, 0.6) is 5.88 Å². The van der Waals surface area contributed by atoms with Gasteiger partial charge in [-0.05, 0) is 30.4 Å². The average Bonchev–Trinajstić information content (AvgIpc) is 3.07. The lowest BCUT2D eigenvalue weighted by Gasteiger charge is -2.20. The Labute approximate surface area is 166 Å². The number of hydrogen-bond acceptors (Lipinski definition) is 5. The first-order chi connectivity index (χ1) is 13.7. The summed E-state index contributed by atoms with van der Waals surface area (Å²) in [7, 11) is 0. The molecule has 0 aliphatic carbocycles. The van der Waals surface area contributed by atoms with Crippen molar-refractivity contribution in [1.29, 1.82) is 0 Å². The second-order valence-corrected chi connectivity index (χ2v) is 7.54. The third kappa shape index (κ3) is 4.96. The van der Waals surface area contributed by atoms with E-state index in [0.717, 1.165) is 18.3 Å². The van der Waals surface area contributed by atoms with E-state index in [1.807, 2.05) is 13.8 Å². The molecule has 1 aromatic heterocycles. The summed E-state index contributed by atoms with van der Waals surface area (Å²) in [5.74, 6) is -3.66. The fourth-order valence-corrected chi connectivity index (χ4v) is 3.28. The molecule has 2 heterocycles. The number of benzene rings is 1. The van der Waals surface area contributed by atoms with Crippen LogP contribution in [-0.4, -0.2) is 40.7 Å². The number of ether oxygens (including phenoxy) is 1. The topological polar surface area (TPSA) is 75.5 Å². The Bertz CT molecular complexity index is 885. The Balaban J connectivity index is 1.84. The average molecular weight is 409 g/mol. The van der Waals surface area contributed by atoms with Crippen molar-refractivity contribution < 1.29 is 27.8 Å². The van der Waals surface area contributed by atoms with E-state index < -0.39 is 23.4 Å². The molecule has 0 amide bonds. The van der Waals surface area contributed by atoms with Gasteiger partial charge >= 0.3 is 5.97 Å². The van der Waals surface area contributed by atoms with Crippen LogP contribution < -0.4 is 9.64 Å². The Morgan fingerprint density at radius 3 is 2.59 bits per heavy atom. The monoisotopic (exact) mass is 409 g/mol. The minimum Gasteiger partial charge on any atom is -0.481 e. The van der Waals surface area contributed by atoms with Crippen LogP contribution in [0, 0.1) is 29.3 Å². The van der Waals surface area contributed by atoms with Crippen molar-refractivity contribution in [3.63, 3.8) is 0 Å². The van der Waals surface area contributed by atoms with E-state index >= 15 is 0 Å². The Morgan fingerprint density at radius 2 is 1.97 bits per heavy atom. The second-order valence-electron chi connectivity index (χ2n) is 7.54. The van der Waals surface area contributed by atoms with Crippen molar-refractivity contribution in [2.75, 3.05) is 24.6 Å². The molecule has 2 aromatic rings. The maximum Gasteiger partial charge on any atom is 0.303 e. The molecule has 0 saturated carbocycles. The van der Waals surface area contributed by atoms with Gasteiger partial charge in [-0.3, -0.25) is 4.79 Å². The summed E-state index contributed by atoms with van der Waals surface area (Å²) in [6, 6.07) is 2.17. The van der Waals surface area contributed by atoms with Gasteiger partial charge < -0.3 is 14.7 Å². The standard InChI is InChI=1S/C20H22F3N3O3/c1-11(2)10-29-20-16(23)8-24-19(25-20)13-6-14(21)18(15(22)7-13)26-4-3-12(9-26)5-17(27)28/h6-8,11-12H,3-5,9-10H2,1-2H3,(H,27,28). The van der Waals surface area contributed by atoms with E-state index in [1.54, 1.807) is 0 Å². The van der Waals surface area contributed by atoms with Crippen LogP contribution in [0.1, 0.15) is 26.7 Å². The molecule has 1 unspecified atom stereocenters. The van der Waals surface area contributed by atoms with E-state index in [2.05, 4.69) is 9.97 Å². The highest BCUT2D eigenvalue weighted by Gasteiger charge is 2.29. The first-order valence-electron chi connectivity index (χ1n) is 9.36. The van der Waals surface area contributed by atoms with Gasteiger partial charge in [0, 0.05) is 25.1 Å². The molecule has 3 rings (SSSR count). The molecular formula is C20H22F3N3O3. The van der Waals surface area contributed by atoms with Crippen molar-refractivity contribution in [3.8, 4) is 17.3 Å². The number of carboxylic acid groups (broad SMARTS) is 1. The van der Waals surface area contributed by atoms with Gasteiger partial charge in [0.2, 0.25) is 5.82 Å². The van der Waals surface area contributed by atoms with Crippen LogP contribution in [0.15, 0.2) is 18.3 Å². The largest absolute Gasteiger partial charge is 0.481 e. The van der Waals surface area contributed by atoms with E-state index in [-0.39, 0.29) is 54.4 Å². The molecule has 1 aliphatic rings. The molecule has 0 spiro atoms. The quantitative estimate of drug-likeness (QED) is 0.748. The molecule has 156 valence electrons. The fourth-order valence-electron chi connectivity index (χ4n) is 3.28. The summed E-state index contributed by atoms with van der Waals surface area (Å²) in [6.45, 7) is 4.65. The number of carboxylic acids is 1. The van der Waals surface area contributed by atoms with Crippen molar-refractivity contribution >= 4 is 11.7 Å². The normalized spacial score (nSPS) is 16.5. The van der Waals surface area contributed by atoms with Gasteiger partial charge in [-0.2, -0.15) is 9.37 Å². The minimum absolute atomic E-state index is 0.0413. The highest BCUT2D eigenvalue weighted by atomic mass is 19.1. The maximum atomic E-state index is 14.7. The Hall–Kier alpha value is -2.84. The number of carbonyl (C=O) groups is 1. The van der Waals surface area contributed by atoms with Gasteiger partial charge in [0.05, 0.1) is 12.8 Å². The van der Waals surface area contributed by atoms with Crippen LogP contribution in [-0.2, 0) is 4.79 Å². The number of aromatic nitrogens is 2. The summed E-state index contributed by atoms with van der Waals surface area (Å²) >= 11 is 0. The molecule has 1 fully saturated rings. The van der Waals surface area contributed by atoms with Crippen LogP contribution in [0.4, 0.5) is 18.9 Å². The van der Waals surface area contributed by atoms with E-state index in [4.69, 9.17) is 9.84 Å². The zero-order valence-electron chi connectivity index (χ0n) is 16.2. The third-order valence-corrected chi connectivity index (χ3v) is 4.61. The summed E-state index contributed by atoms with van der Waals surface area (Å²) in [5.41, 5.74) is -0.153. The number of rotatable bonds is 7. The molecule has 9 heteroatoms. The van der Waals surface area contributed by atoms with Crippen molar-refractivity contribution in [1.82, 2.24) is 9.97 Å². The number of halogens is 3. The first kappa shape index (κ1) is 20.9. The number of hydrogen-bond donors (Lipinski definition) is 1. The molecular weight excluding hydrogens is 387 g/mol. The van der Waals surface area contributed by atoms with Gasteiger partial charge in [0.1, 0.15) is 17.3 Å². The van der Waals surface area contributed by atoms with E-state index in [9.17, 15) is 18.0 Å². The Kier molecular flexibility index (Phi) is 6.24. The molecule has 1 aliphatic heterocycles. The molecule has 1 aromatic carbocycles. The van der Waals surface area contributed by atoms with Gasteiger partial charge in [0.15, 0.2) is 5.82 Å². The van der Waals surface area contributed by atoms with Crippen molar-refractivity contribution in [3.05, 3.63) is 35.8 Å². The summed E-state index contributed by atoms with van der Waals surface area (Å²) < 4.78 is 48.6. The molecule has 0 radical (unpaired) electrons. The number of aliphatic carboxylic acids is 1. The summed E-state index contributed by atoms with van der Waals surface area (Å²) in [6.07, 6.45) is 1.41. The fraction of sp³-hybridized carbons (Fsp3) is 0.450. The zero-order valence-corrected chi connectivity index (χ0v) is 16.2. The highest BCUT2D eigenvalue weighted by Crippen LogP contribution is 2.33. The Morgan fingerprint density at radius 1 is 1.28 bits per heavy atom. The van der Waals surface area contributed by atoms with Crippen LogP contribution in [0.2, 0.25) is 0 Å². The molecule has 29 heavy (non-hydrogen) atoms. The second kappa shape index (κ2) is 8.67. The lowest BCUT2D eigenvalue weighted by Crippen LogP contribution is -2.23. The molecule has 6 nitrogen and oxygen atoms in total. The van der Waals surface area contributed by atoms with Crippen molar-refractivity contribution in [2.24, 2.45) is 11.8 Å². The molecule has 0 bridgehead atoms. The van der Waals surface area contributed by atoms with Gasteiger partial charge in [-0.15, -0.1) is 0 Å². The zero-order chi connectivity index (χ0) is 21.1. The highest BCUT2D eigenvalue weighted by molar-refractivity contribution is 5.67.